The highest BCUT2D eigenvalue weighted by Crippen LogP contribution is 2.31. The van der Waals surface area contributed by atoms with E-state index in [1.54, 1.807) is 0 Å². The zero-order valence-electron chi connectivity index (χ0n) is 16.7. The van der Waals surface area contributed by atoms with Crippen LogP contribution in [0.25, 0.3) is 0 Å². The summed E-state index contributed by atoms with van der Waals surface area (Å²) in [6.45, 7) is 8.36. The normalized spacial score (nSPS) is 22.8. The highest BCUT2D eigenvalue weighted by atomic mass is 15.5. The summed E-state index contributed by atoms with van der Waals surface area (Å²) in [5.74, 6) is 0. The molecule has 0 amide bonds. The van der Waals surface area contributed by atoms with Crippen molar-refractivity contribution in [2.24, 2.45) is 0 Å². The molecular weight excluding hydrogens is 344 g/mol. The lowest BCUT2D eigenvalue weighted by atomic mass is 9.77. The third-order valence-corrected chi connectivity index (χ3v) is 6.18. The molecule has 144 valence electrons. The molecule has 0 radical (unpaired) electrons. The number of fused-ring (bicyclic) bond motifs is 8. The van der Waals surface area contributed by atoms with Gasteiger partial charge in [-0.25, -0.2) is 5.43 Å². The lowest BCUT2D eigenvalue weighted by molar-refractivity contribution is 0.227. The first-order valence-electron chi connectivity index (χ1n) is 10.1. The van der Waals surface area contributed by atoms with Crippen LogP contribution in [0.15, 0.2) is 73.2 Å². The predicted molar refractivity (Wildman–Crippen MR) is 113 cm³/mol. The molecule has 0 aromatic heterocycles. The van der Waals surface area contributed by atoms with E-state index in [0.717, 1.165) is 26.3 Å². The minimum Gasteiger partial charge on any atom is -0.354 e. The lowest BCUT2D eigenvalue weighted by Gasteiger charge is -2.34. The Hall–Kier alpha value is -2.72. The molecule has 0 aliphatic carbocycles. The van der Waals surface area contributed by atoms with E-state index in [2.05, 4.69) is 107 Å². The molecule has 4 heteroatoms. The number of hydrazine groups is 1. The molecule has 3 aliphatic rings. The lowest BCUT2D eigenvalue weighted by Crippen LogP contribution is -2.45. The Kier molecular flexibility index (Phi) is 4.17. The maximum Gasteiger partial charge on any atom is 0.0900 e. The van der Waals surface area contributed by atoms with E-state index >= 15 is 0 Å². The molecule has 5 rings (SSSR count). The van der Waals surface area contributed by atoms with Crippen molar-refractivity contribution in [2.45, 2.75) is 44.9 Å². The summed E-state index contributed by atoms with van der Waals surface area (Å²) >= 11 is 0. The molecule has 8 bridgehead atoms. The van der Waals surface area contributed by atoms with E-state index in [4.69, 9.17) is 0 Å². The second-order valence-electron chi connectivity index (χ2n) is 8.75. The van der Waals surface area contributed by atoms with Crippen LogP contribution in [0.4, 0.5) is 0 Å². The first kappa shape index (κ1) is 17.4. The van der Waals surface area contributed by atoms with Gasteiger partial charge >= 0.3 is 0 Å². The Labute approximate surface area is 167 Å². The van der Waals surface area contributed by atoms with Crippen molar-refractivity contribution in [2.75, 3.05) is 6.67 Å². The minimum atomic E-state index is 0.00700. The largest absolute Gasteiger partial charge is 0.354 e. The SMILES string of the molecule is CC1(C)c2cccc(c2)CN2C=CN(Cc3cccc(c3)CN3C=CC1N3)C2. The molecule has 3 heterocycles. The van der Waals surface area contributed by atoms with Crippen LogP contribution in [0, 0.1) is 0 Å². The summed E-state index contributed by atoms with van der Waals surface area (Å²) in [7, 11) is 0. The topological polar surface area (TPSA) is 21.8 Å². The Morgan fingerprint density at radius 1 is 0.821 bits per heavy atom. The molecule has 1 unspecified atom stereocenters. The Morgan fingerprint density at radius 3 is 2.21 bits per heavy atom. The fraction of sp³-hybridized carbons (Fsp3) is 0.333. The third-order valence-electron chi connectivity index (χ3n) is 6.18. The molecule has 1 N–H and O–H groups in total. The summed E-state index contributed by atoms with van der Waals surface area (Å²) in [6.07, 6.45) is 8.93. The van der Waals surface area contributed by atoms with Crippen LogP contribution in [-0.2, 0) is 25.0 Å². The third kappa shape index (κ3) is 3.29. The molecule has 28 heavy (non-hydrogen) atoms. The van der Waals surface area contributed by atoms with Gasteiger partial charge in [0.1, 0.15) is 0 Å². The van der Waals surface area contributed by atoms with Gasteiger partial charge in [0.05, 0.1) is 19.3 Å². The van der Waals surface area contributed by atoms with Crippen LogP contribution in [0.1, 0.15) is 36.1 Å². The van der Waals surface area contributed by atoms with Gasteiger partial charge < -0.3 is 14.8 Å². The van der Waals surface area contributed by atoms with Crippen molar-refractivity contribution < 1.29 is 0 Å². The second kappa shape index (κ2) is 6.71. The van der Waals surface area contributed by atoms with Crippen LogP contribution in [0.2, 0.25) is 0 Å². The molecular formula is C24H28N4. The van der Waals surface area contributed by atoms with Gasteiger partial charge in [0.15, 0.2) is 0 Å². The minimum absolute atomic E-state index is 0.00700. The average Bonchev–Trinajstić information content (AvgIpc) is 3.32. The van der Waals surface area contributed by atoms with Gasteiger partial charge in [0.25, 0.3) is 0 Å². The van der Waals surface area contributed by atoms with Crippen LogP contribution >= 0.6 is 0 Å². The van der Waals surface area contributed by atoms with Crippen molar-refractivity contribution in [1.29, 1.82) is 0 Å². The molecule has 0 saturated heterocycles. The van der Waals surface area contributed by atoms with Crippen LogP contribution in [-0.4, -0.2) is 27.5 Å². The summed E-state index contributed by atoms with van der Waals surface area (Å²) in [4.78, 5) is 4.76. The van der Waals surface area contributed by atoms with Gasteiger partial charge in [-0.05, 0) is 28.3 Å². The van der Waals surface area contributed by atoms with Gasteiger partial charge in [0, 0.05) is 37.1 Å². The smallest absolute Gasteiger partial charge is 0.0900 e. The van der Waals surface area contributed by atoms with Crippen molar-refractivity contribution >= 4 is 0 Å². The zero-order chi connectivity index (χ0) is 19.1. The summed E-state index contributed by atoms with van der Waals surface area (Å²) in [5, 5.41) is 2.22. The van der Waals surface area contributed by atoms with E-state index in [9.17, 15) is 0 Å². The van der Waals surface area contributed by atoms with Crippen LogP contribution < -0.4 is 5.43 Å². The zero-order valence-corrected chi connectivity index (χ0v) is 16.7. The Morgan fingerprint density at radius 2 is 1.46 bits per heavy atom. The van der Waals surface area contributed by atoms with E-state index in [1.165, 1.54) is 22.3 Å². The van der Waals surface area contributed by atoms with Crippen molar-refractivity contribution in [3.8, 4) is 0 Å². The molecule has 4 nitrogen and oxygen atoms in total. The second-order valence-corrected chi connectivity index (χ2v) is 8.75. The van der Waals surface area contributed by atoms with E-state index in [0.29, 0.717) is 0 Å². The number of hydrogen-bond acceptors (Lipinski definition) is 4. The van der Waals surface area contributed by atoms with Crippen molar-refractivity contribution in [3.05, 3.63) is 95.5 Å². The molecule has 0 fully saturated rings. The fourth-order valence-electron chi connectivity index (χ4n) is 4.42. The maximum atomic E-state index is 3.70. The van der Waals surface area contributed by atoms with E-state index in [1.807, 2.05) is 0 Å². The quantitative estimate of drug-likeness (QED) is 0.756. The maximum absolute atomic E-state index is 3.70. The molecule has 2 aromatic rings. The molecule has 3 aliphatic heterocycles. The first-order chi connectivity index (χ1) is 13.6. The van der Waals surface area contributed by atoms with Crippen LogP contribution in [0.5, 0.6) is 0 Å². The van der Waals surface area contributed by atoms with Gasteiger partial charge in [-0.2, -0.15) is 0 Å². The fourth-order valence-corrected chi connectivity index (χ4v) is 4.42. The summed E-state index contributed by atoms with van der Waals surface area (Å²) in [5.41, 5.74) is 9.15. The first-order valence-corrected chi connectivity index (χ1v) is 10.1. The van der Waals surface area contributed by atoms with Gasteiger partial charge in [-0.15, -0.1) is 0 Å². The van der Waals surface area contributed by atoms with E-state index < -0.39 is 0 Å². The van der Waals surface area contributed by atoms with Gasteiger partial charge in [0.2, 0.25) is 0 Å². The van der Waals surface area contributed by atoms with E-state index in [-0.39, 0.29) is 11.5 Å². The number of nitrogens with one attached hydrogen (secondary N) is 1. The number of benzene rings is 2. The Bertz CT molecular complexity index is 930. The molecule has 1 atom stereocenters. The highest BCUT2D eigenvalue weighted by molar-refractivity contribution is 5.33. The standard InChI is InChI=1S/C24H28N4/c1-24(2)22-8-4-7-21(14-22)16-27-12-11-26(18-27)15-19-5-3-6-20(13-19)17-28-10-9-23(24)25-28/h3-14,23,25H,15-18H2,1-2H3. The van der Waals surface area contributed by atoms with Crippen molar-refractivity contribution in [3.63, 3.8) is 0 Å². The predicted octanol–water partition coefficient (Wildman–Crippen LogP) is 3.93. The summed E-state index contributed by atoms with van der Waals surface area (Å²) in [6, 6.07) is 18.3. The molecule has 2 aromatic carbocycles. The molecule has 0 spiro atoms. The highest BCUT2D eigenvalue weighted by Gasteiger charge is 2.33. The monoisotopic (exact) mass is 372 g/mol. The number of rotatable bonds is 0. The Balaban J connectivity index is 1.50. The number of hydrogen-bond donors (Lipinski definition) is 1. The summed E-state index contributed by atoms with van der Waals surface area (Å²) < 4.78 is 0. The van der Waals surface area contributed by atoms with Gasteiger partial charge in [-0.3, -0.25) is 0 Å². The number of nitrogens with zero attached hydrogens (tertiary/aromatic N) is 3. The van der Waals surface area contributed by atoms with Crippen LogP contribution in [0.3, 0.4) is 0 Å². The average molecular weight is 373 g/mol. The molecule has 0 saturated carbocycles. The van der Waals surface area contributed by atoms with Gasteiger partial charge in [-0.1, -0.05) is 62.4 Å². The van der Waals surface area contributed by atoms with Crippen molar-refractivity contribution in [1.82, 2.24) is 20.2 Å².